The number of nitrogens with one attached hydrogen (secondary N) is 2. The van der Waals surface area contributed by atoms with E-state index in [0.29, 0.717) is 6.54 Å². The quantitative estimate of drug-likeness (QED) is 0.646. The average Bonchev–Trinajstić information content (AvgIpc) is 3.16. The molecule has 0 unspecified atom stereocenters. The number of aromatic nitrogens is 3. The summed E-state index contributed by atoms with van der Waals surface area (Å²) in [4.78, 5) is 17.3. The molecule has 1 saturated heterocycles. The number of benzene rings is 1. The van der Waals surface area contributed by atoms with E-state index in [2.05, 4.69) is 32.8 Å². The van der Waals surface area contributed by atoms with Gasteiger partial charge in [-0.25, -0.2) is 0 Å². The molecule has 2 N–H and O–H groups in total. The maximum absolute atomic E-state index is 13.3. The Morgan fingerprint density at radius 3 is 2.45 bits per heavy atom. The first-order chi connectivity index (χ1) is 13.3. The second-order valence-electron chi connectivity index (χ2n) is 6.93. The molecule has 0 radical (unpaired) electrons. The van der Waals surface area contributed by atoms with Crippen molar-refractivity contribution >= 4 is 36.4 Å². The van der Waals surface area contributed by atoms with E-state index in [9.17, 15) is 4.79 Å². The molecule has 1 aliphatic rings. The van der Waals surface area contributed by atoms with Gasteiger partial charge in [0.15, 0.2) is 0 Å². The van der Waals surface area contributed by atoms with E-state index >= 15 is 0 Å². The first-order valence-corrected chi connectivity index (χ1v) is 9.25. The van der Waals surface area contributed by atoms with Gasteiger partial charge in [-0.1, -0.05) is 30.3 Å². The molecule has 1 aliphatic heterocycles. The van der Waals surface area contributed by atoms with Gasteiger partial charge in [0.05, 0.1) is 23.8 Å². The maximum Gasteiger partial charge on any atom is 0.235 e. The molecule has 1 fully saturated rings. The summed E-state index contributed by atoms with van der Waals surface area (Å²) < 4.78 is 1.82. The lowest BCUT2D eigenvalue weighted by Crippen LogP contribution is -2.48. The Bertz CT molecular complexity index is 896. The van der Waals surface area contributed by atoms with Crippen LogP contribution in [-0.4, -0.2) is 33.8 Å². The summed E-state index contributed by atoms with van der Waals surface area (Å²) in [6, 6.07) is 14.0. The van der Waals surface area contributed by atoms with Crippen LogP contribution in [0.25, 0.3) is 0 Å². The van der Waals surface area contributed by atoms with E-state index < -0.39 is 5.41 Å². The van der Waals surface area contributed by atoms with Gasteiger partial charge in [-0.05, 0) is 49.2 Å². The van der Waals surface area contributed by atoms with Crippen LogP contribution in [0.4, 0.5) is 5.69 Å². The molecule has 1 aromatic carbocycles. The Morgan fingerprint density at radius 1 is 1.07 bits per heavy atom. The molecule has 3 aromatic rings. The third-order valence-corrected chi connectivity index (χ3v) is 5.20. The van der Waals surface area contributed by atoms with Crippen LogP contribution in [0, 0.1) is 0 Å². The van der Waals surface area contributed by atoms with Gasteiger partial charge in [0.2, 0.25) is 5.91 Å². The van der Waals surface area contributed by atoms with Gasteiger partial charge in [0.1, 0.15) is 0 Å². The molecule has 0 aliphatic carbocycles. The number of hydrogen-bond acceptors (Lipinski definition) is 4. The number of pyridine rings is 1. The van der Waals surface area contributed by atoms with Crippen molar-refractivity contribution in [1.82, 2.24) is 20.1 Å². The second kappa shape index (κ2) is 10.4. The van der Waals surface area contributed by atoms with Crippen molar-refractivity contribution in [3.05, 3.63) is 78.4 Å². The second-order valence-corrected chi connectivity index (χ2v) is 6.93. The number of amides is 1. The topological polar surface area (TPSA) is 71.8 Å². The minimum Gasteiger partial charge on any atom is -0.323 e. The van der Waals surface area contributed by atoms with E-state index in [1.807, 2.05) is 41.2 Å². The number of carbonyl (C=O) groups is 1. The molecule has 6 nitrogen and oxygen atoms in total. The smallest absolute Gasteiger partial charge is 0.235 e. The molecule has 0 saturated carbocycles. The Balaban J connectivity index is 0.00000150. The van der Waals surface area contributed by atoms with Gasteiger partial charge < -0.3 is 10.6 Å². The van der Waals surface area contributed by atoms with Gasteiger partial charge in [-0.3, -0.25) is 14.5 Å². The molecule has 154 valence electrons. The fraction of sp³-hybridized carbons (Fsp3) is 0.286. The Morgan fingerprint density at radius 2 is 1.76 bits per heavy atom. The molecule has 4 rings (SSSR count). The number of halogens is 2. The molecule has 0 atom stereocenters. The predicted octanol–water partition coefficient (Wildman–Crippen LogP) is 3.43. The number of carbonyl (C=O) groups excluding carboxylic acids is 1. The van der Waals surface area contributed by atoms with Crippen molar-refractivity contribution in [2.24, 2.45) is 0 Å². The SMILES string of the molecule is Cl.Cl.O=C(Nc1cnn(Cc2ccncc2)c1)C1(c2ccccc2)CCNCC1. The van der Waals surface area contributed by atoms with Gasteiger partial charge in [-0.2, -0.15) is 5.10 Å². The lowest BCUT2D eigenvalue weighted by molar-refractivity contribution is -0.122. The van der Waals surface area contributed by atoms with Crippen LogP contribution in [0.15, 0.2) is 67.3 Å². The monoisotopic (exact) mass is 433 g/mol. The lowest BCUT2D eigenvalue weighted by atomic mass is 9.72. The van der Waals surface area contributed by atoms with Crippen LogP contribution >= 0.6 is 24.8 Å². The highest BCUT2D eigenvalue weighted by molar-refractivity contribution is 5.99. The molecule has 0 spiro atoms. The third kappa shape index (κ3) is 5.15. The normalized spacial score (nSPS) is 14.9. The van der Waals surface area contributed by atoms with Crippen molar-refractivity contribution in [2.75, 3.05) is 18.4 Å². The highest BCUT2D eigenvalue weighted by Gasteiger charge is 2.41. The molecule has 2 aromatic heterocycles. The first-order valence-electron chi connectivity index (χ1n) is 9.25. The summed E-state index contributed by atoms with van der Waals surface area (Å²) in [6.07, 6.45) is 8.68. The molecule has 0 bridgehead atoms. The number of nitrogens with zero attached hydrogens (tertiary/aromatic N) is 3. The van der Waals surface area contributed by atoms with E-state index in [-0.39, 0.29) is 30.7 Å². The van der Waals surface area contributed by atoms with E-state index in [0.717, 1.165) is 42.7 Å². The largest absolute Gasteiger partial charge is 0.323 e. The Hall–Kier alpha value is -2.41. The van der Waals surface area contributed by atoms with Crippen LogP contribution in [0.3, 0.4) is 0 Å². The summed E-state index contributed by atoms with van der Waals surface area (Å²) in [5, 5.41) is 10.8. The molecular formula is C21H25Cl2N5O. The molecule has 8 heteroatoms. The zero-order valence-corrected chi connectivity index (χ0v) is 17.6. The van der Waals surface area contributed by atoms with Crippen LogP contribution in [0.5, 0.6) is 0 Å². The zero-order chi connectivity index (χ0) is 18.5. The van der Waals surface area contributed by atoms with E-state index in [1.54, 1.807) is 18.6 Å². The molecular weight excluding hydrogens is 409 g/mol. The fourth-order valence-electron chi connectivity index (χ4n) is 3.70. The Labute approximate surface area is 182 Å². The minimum atomic E-state index is -0.500. The lowest BCUT2D eigenvalue weighted by Gasteiger charge is -2.36. The summed E-state index contributed by atoms with van der Waals surface area (Å²) in [7, 11) is 0. The summed E-state index contributed by atoms with van der Waals surface area (Å²) in [5.41, 5.74) is 2.42. The standard InChI is InChI=1S/C21H23N5O.2ClH/c27-20(21(8-12-23-13-9-21)18-4-2-1-3-5-18)25-19-14-24-26(16-19)15-17-6-10-22-11-7-17;;/h1-7,10-11,14,16,23H,8-9,12-13,15H2,(H,25,27);2*1H. The number of anilines is 1. The van der Waals surface area contributed by atoms with Crippen LogP contribution in [0.1, 0.15) is 24.0 Å². The summed E-state index contributed by atoms with van der Waals surface area (Å²) in [6.45, 7) is 2.32. The van der Waals surface area contributed by atoms with E-state index in [4.69, 9.17) is 0 Å². The van der Waals surface area contributed by atoms with Crippen molar-refractivity contribution < 1.29 is 4.79 Å². The van der Waals surface area contributed by atoms with Crippen molar-refractivity contribution in [3.63, 3.8) is 0 Å². The zero-order valence-electron chi connectivity index (χ0n) is 16.0. The number of rotatable bonds is 5. The third-order valence-electron chi connectivity index (χ3n) is 5.20. The number of piperidine rings is 1. The summed E-state index contributed by atoms with van der Waals surface area (Å²) >= 11 is 0. The predicted molar refractivity (Wildman–Crippen MR) is 119 cm³/mol. The van der Waals surface area contributed by atoms with Gasteiger partial charge in [0.25, 0.3) is 0 Å². The average molecular weight is 434 g/mol. The van der Waals surface area contributed by atoms with Crippen LogP contribution < -0.4 is 10.6 Å². The van der Waals surface area contributed by atoms with E-state index in [1.165, 1.54) is 0 Å². The Kier molecular flexibility index (Phi) is 8.20. The van der Waals surface area contributed by atoms with Gasteiger partial charge in [0, 0.05) is 18.6 Å². The summed E-state index contributed by atoms with van der Waals surface area (Å²) in [5.74, 6) is 0.0404. The molecule has 3 heterocycles. The maximum atomic E-state index is 13.3. The van der Waals surface area contributed by atoms with Gasteiger partial charge >= 0.3 is 0 Å². The van der Waals surface area contributed by atoms with Crippen molar-refractivity contribution in [3.8, 4) is 0 Å². The van der Waals surface area contributed by atoms with Crippen molar-refractivity contribution in [1.29, 1.82) is 0 Å². The van der Waals surface area contributed by atoms with Gasteiger partial charge in [-0.15, -0.1) is 24.8 Å². The highest BCUT2D eigenvalue weighted by Crippen LogP contribution is 2.34. The van der Waals surface area contributed by atoms with Crippen molar-refractivity contribution in [2.45, 2.75) is 24.8 Å². The van der Waals surface area contributed by atoms with Crippen LogP contribution in [-0.2, 0) is 16.8 Å². The molecule has 29 heavy (non-hydrogen) atoms. The fourth-order valence-corrected chi connectivity index (χ4v) is 3.70. The minimum absolute atomic E-state index is 0. The number of hydrogen-bond donors (Lipinski definition) is 2. The first kappa shape index (κ1) is 22.9. The van der Waals surface area contributed by atoms with Crippen LogP contribution in [0.2, 0.25) is 0 Å². The highest BCUT2D eigenvalue weighted by atomic mass is 35.5. The molecule has 1 amide bonds.